The minimum atomic E-state index is -0.322. The molecule has 4 nitrogen and oxygen atoms in total. The molecule has 0 amide bonds. The summed E-state index contributed by atoms with van der Waals surface area (Å²) in [7, 11) is 2.88. The Labute approximate surface area is 101 Å². The van der Waals surface area contributed by atoms with Crippen molar-refractivity contribution >= 4 is 5.97 Å². The largest absolute Gasteiger partial charge is 0.497 e. The summed E-state index contributed by atoms with van der Waals surface area (Å²) in [6.07, 6.45) is 0.852. The Bertz CT molecular complexity index is 460. The highest BCUT2D eigenvalue weighted by Gasteiger charge is 2.13. The predicted molar refractivity (Wildman–Crippen MR) is 62.8 cm³/mol. The van der Waals surface area contributed by atoms with Crippen LogP contribution in [0.15, 0.2) is 12.1 Å². The molecule has 0 aliphatic heterocycles. The molecule has 0 radical (unpaired) electrons. The van der Waals surface area contributed by atoms with E-state index in [2.05, 4.69) is 10.8 Å². The first-order valence-electron chi connectivity index (χ1n) is 5.32. The van der Waals surface area contributed by atoms with Crippen LogP contribution in [0.1, 0.15) is 23.6 Å². The summed E-state index contributed by atoms with van der Waals surface area (Å²) >= 11 is 0. The van der Waals surface area contributed by atoms with E-state index in [1.807, 2.05) is 6.92 Å². The number of hydrogen-bond donors (Lipinski definition) is 0. The molecule has 0 fully saturated rings. The first-order valence-corrected chi connectivity index (χ1v) is 5.32. The van der Waals surface area contributed by atoms with Gasteiger partial charge in [-0.05, 0) is 29.7 Å². The number of carbonyl (C=O) groups is 1. The standard InChI is InChI=1S/C13H15NO3/c1-4-12-9(7-13(15)17-3)5-11(16-2)6-10(12)8-14/h5-6H,4,7H2,1-3H3. The van der Waals surface area contributed by atoms with Crippen LogP contribution in [-0.4, -0.2) is 20.2 Å². The third-order valence-electron chi connectivity index (χ3n) is 2.59. The molecule has 0 N–H and O–H groups in total. The molecule has 17 heavy (non-hydrogen) atoms. The Morgan fingerprint density at radius 1 is 1.41 bits per heavy atom. The summed E-state index contributed by atoms with van der Waals surface area (Å²) in [6, 6.07) is 5.58. The lowest BCUT2D eigenvalue weighted by Gasteiger charge is -2.11. The lowest BCUT2D eigenvalue weighted by atomic mass is 9.97. The third kappa shape index (κ3) is 2.97. The maximum absolute atomic E-state index is 11.3. The molecule has 1 aromatic rings. The van der Waals surface area contributed by atoms with Crippen LogP contribution in [0, 0.1) is 11.3 Å². The fourth-order valence-corrected chi connectivity index (χ4v) is 1.72. The molecule has 1 aromatic carbocycles. The monoisotopic (exact) mass is 233 g/mol. The molecule has 0 aliphatic carbocycles. The summed E-state index contributed by atoms with van der Waals surface area (Å²) in [6.45, 7) is 1.95. The van der Waals surface area contributed by atoms with Gasteiger partial charge in [-0.15, -0.1) is 0 Å². The second kappa shape index (κ2) is 5.90. The van der Waals surface area contributed by atoms with E-state index in [0.717, 1.165) is 11.1 Å². The summed E-state index contributed by atoms with van der Waals surface area (Å²) in [5.74, 6) is 0.259. The number of nitrogens with zero attached hydrogens (tertiary/aromatic N) is 1. The molecule has 0 saturated heterocycles. The minimum Gasteiger partial charge on any atom is -0.497 e. The maximum atomic E-state index is 11.3. The summed E-state index contributed by atoms with van der Waals surface area (Å²) < 4.78 is 9.75. The van der Waals surface area contributed by atoms with Crippen LogP contribution in [0.2, 0.25) is 0 Å². The fourth-order valence-electron chi connectivity index (χ4n) is 1.72. The van der Waals surface area contributed by atoms with E-state index in [1.54, 1.807) is 12.1 Å². The van der Waals surface area contributed by atoms with Crippen LogP contribution in [0.25, 0.3) is 0 Å². The van der Waals surface area contributed by atoms with Crippen LogP contribution < -0.4 is 4.74 Å². The van der Waals surface area contributed by atoms with Gasteiger partial charge in [-0.1, -0.05) is 6.92 Å². The molecule has 90 valence electrons. The van der Waals surface area contributed by atoms with Crippen LogP contribution in [0.4, 0.5) is 0 Å². The van der Waals surface area contributed by atoms with E-state index in [0.29, 0.717) is 17.7 Å². The van der Waals surface area contributed by atoms with Gasteiger partial charge in [0.05, 0.1) is 32.3 Å². The van der Waals surface area contributed by atoms with Crippen LogP contribution in [-0.2, 0) is 22.4 Å². The number of benzene rings is 1. The Morgan fingerprint density at radius 2 is 2.12 bits per heavy atom. The highest BCUT2D eigenvalue weighted by Crippen LogP contribution is 2.23. The van der Waals surface area contributed by atoms with Crippen molar-refractivity contribution in [2.24, 2.45) is 0 Å². The second-order valence-electron chi connectivity index (χ2n) is 3.53. The lowest BCUT2D eigenvalue weighted by Crippen LogP contribution is -2.08. The van der Waals surface area contributed by atoms with Gasteiger partial charge in [-0.2, -0.15) is 5.26 Å². The van der Waals surface area contributed by atoms with Crippen molar-refractivity contribution in [1.82, 2.24) is 0 Å². The third-order valence-corrected chi connectivity index (χ3v) is 2.59. The molecule has 0 heterocycles. The van der Waals surface area contributed by atoms with E-state index >= 15 is 0 Å². The van der Waals surface area contributed by atoms with Crippen LogP contribution in [0.5, 0.6) is 5.75 Å². The highest BCUT2D eigenvalue weighted by molar-refractivity contribution is 5.73. The number of rotatable bonds is 4. The highest BCUT2D eigenvalue weighted by atomic mass is 16.5. The zero-order chi connectivity index (χ0) is 12.8. The van der Waals surface area contributed by atoms with Gasteiger partial charge >= 0.3 is 5.97 Å². The average Bonchev–Trinajstić information content (AvgIpc) is 2.37. The van der Waals surface area contributed by atoms with Gasteiger partial charge in [0.1, 0.15) is 5.75 Å². The average molecular weight is 233 g/mol. The first kappa shape index (κ1) is 13.0. The summed E-state index contributed by atoms with van der Waals surface area (Å²) in [4.78, 5) is 11.3. The van der Waals surface area contributed by atoms with Crippen molar-refractivity contribution in [1.29, 1.82) is 5.26 Å². The number of carbonyl (C=O) groups excluding carboxylic acids is 1. The Kier molecular flexibility index (Phi) is 4.53. The Hall–Kier alpha value is -2.02. The van der Waals surface area contributed by atoms with E-state index in [1.165, 1.54) is 14.2 Å². The van der Waals surface area contributed by atoms with Gasteiger partial charge in [0, 0.05) is 0 Å². The normalized spacial score (nSPS) is 9.53. The number of esters is 1. The maximum Gasteiger partial charge on any atom is 0.309 e. The molecule has 0 saturated carbocycles. The molecule has 4 heteroatoms. The molecule has 0 atom stereocenters. The van der Waals surface area contributed by atoms with Gasteiger partial charge in [0.2, 0.25) is 0 Å². The van der Waals surface area contributed by atoms with E-state index in [-0.39, 0.29) is 12.4 Å². The first-order chi connectivity index (χ1) is 8.15. The van der Waals surface area contributed by atoms with Crippen molar-refractivity contribution in [3.8, 4) is 11.8 Å². The predicted octanol–water partition coefficient (Wildman–Crippen LogP) is 1.84. The number of hydrogen-bond acceptors (Lipinski definition) is 4. The van der Waals surface area contributed by atoms with E-state index in [4.69, 9.17) is 10.00 Å². The number of ether oxygens (including phenoxy) is 2. The van der Waals surface area contributed by atoms with Crippen LogP contribution >= 0.6 is 0 Å². The number of nitriles is 1. The van der Waals surface area contributed by atoms with Gasteiger partial charge in [0.15, 0.2) is 0 Å². The van der Waals surface area contributed by atoms with Gasteiger partial charge < -0.3 is 9.47 Å². The topological polar surface area (TPSA) is 59.3 Å². The molecule has 0 bridgehead atoms. The molecular weight excluding hydrogens is 218 g/mol. The summed E-state index contributed by atoms with van der Waals surface area (Å²) in [5.41, 5.74) is 2.21. The van der Waals surface area contributed by atoms with Crippen molar-refractivity contribution in [2.45, 2.75) is 19.8 Å². The van der Waals surface area contributed by atoms with Gasteiger partial charge in [0.25, 0.3) is 0 Å². The molecule has 0 spiro atoms. The van der Waals surface area contributed by atoms with Crippen LogP contribution in [0.3, 0.4) is 0 Å². The van der Waals surface area contributed by atoms with E-state index < -0.39 is 0 Å². The Balaban J connectivity index is 3.25. The molecule has 0 aromatic heterocycles. The number of methoxy groups -OCH3 is 2. The minimum absolute atomic E-state index is 0.158. The molecular formula is C13H15NO3. The zero-order valence-corrected chi connectivity index (χ0v) is 10.2. The van der Waals surface area contributed by atoms with Crippen molar-refractivity contribution in [2.75, 3.05) is 14.2 Å². The van der Waals surface area contributed by atoms with E-state index in [9.17, 15) is 4.79 Å². The molecule has 0 aliphatic rings. The SMILES string of the molecule is CCc1c(C#N)cc(OC)cc1CC(=O)OC. The van der Waals surface area contributed by atoms with Gasteiger partial charge in [-0.3, -0.25) is 4.79 Å². The van der Waals surface area contributed by atoms with Crippen molar-refractivity contribution < 1.29 is 14.3 Å². The Morgan fingerprint density at radius 3 is 2.59 bits per heavy atom. The fraction of sp³-hybridized carbons (Fsp3) is 0.385. The quantitative estimate of drug-likeness (QED) is 0.744. The van der Waals surface area contributed by atoms with Crippen molar-refractivity contribution in [3.05, 3.63) is 28.8 Å². The second-order valence-corrected chi connectivity index (χ2v) is 3.53. The van der Waals surface area contributed by atoms with Gasteiger partial charge in [-0.25, -0.2) is 0 Å². The van der Waals surface area contributed by atoms with Crippen molar-refractivity contribution in [3.63, 3.8) is 0 Å². The molecule has 1 rings (SSSR count). The lowest BCUT2D eigenvalue weighted by molar-refractivity contribution is -0.139. The smallest absolute Gasteiger partial charge is 0.309 e. The zero-order valence-electron chi connectivity index (χ0n) is 10.2. The molecule has 0 unspecified atom stereocenters. The summed E-state index contributed by atoms with van der Waals surface area (Å²) in [5, 5.41) is 9.06.